The first-order chi connectivity index (χ1) is 9.37. The summed E-state index contributed by atoms with van der Waals surface area (Å²) >= 11 is 11.9. The molecule has 21 heavy (non-hydrogen) atoms. The van der Waals surface area contributed by atoms with Crippen LogP contribution in [0.5, 0.6) is 0 Å². The largest absolute Gasteiger partial charge is 0.390 e. The standard InChI is InChI=1S/C13H15Cl2F3N2.ClH/c14-9-1-2-10(11(15)7-9)12(8-13(16,17)18)20-5-3-19-4-6-20;/h1-2,7,12,19H,3-6,8H2;1H/t12-;/m1./s1. The summed E-state index contributed by atoms with van der Waals surface area (Å²) in [4.78, 5) is 1.82. The molecule has 1 N–H and O–H groups in total. The molecule has 1 heterocycles. The minimum absolute atomic E-state index is 0. The molecule has 0 aliphatic carbocycles. The van der Waals surface area contributed by atoms with Crippen molar-refractivity contribution in [1.29, 1.82) is 0 Å². The van der Waals surface area contributed by atoms with Crippen molar-refractivity contribution in [1.82, 2.24) is 10.2 Å². The number of hydrogen-bond acceptors (Lipinski definition) is 2. The van der Waals surface area contributed by atoms with Crippen LogP contribution < -0.4 is 5.32 Å². The second-order valence-electron chi connectivity index (χ2n) is 4.79. The molecule has 1 aliphatic heterocycles. The molecule has 120 valence electrons. The average Bonchev–Trinajstić information content (AvgIpc) is 2.36. The molecule has 0 amide bonds. The van der Waals surface area contributed by atoms with E-state index in [0.717, 1.165) is 0 Å². The van der Waals surface area contributed by atoms with E-state index in [2.05, 4.69) is 5.32 Å². The van der Waals surface area contributed by atoms with Crippen LogP contribution in [0.3, 0.4) is 0 Å². The third-order valence-corrected chi connectivity index (χ3v) is 3.90. The lowest BCUT2D eigenvalue weighted by atomic mass is 10.0. The third-order valence-electron chi connectivity index (χ3n) is 3.34. The molecule has 1 fully saturated rings. The Hall–Kier alpha value is -0.200. The molecule has 0 aromatic heterocycles. The molecule has 0 spiro atoms. The third kappa shape index (κ3) is 5.49. The first-order valence-corrected chi connectivity index (χ1v) is 7.09. The second-order valence-corrected chi connectivity index (χ2v) is 5.63. The van der Waals surface area contributed by atoms with E-state index < -0.39 is 18.6 Å². The minimum atomic E-state index is -4.24. The zero-order chi connectivity index (χ0) is 14.8. The minimum Gasteiger partial charge on any atom is -0.314 e. The van der Waals surface area contributed by atoms with Gasteiger partial charge >= 0.3 is 6.18 Å². The predicted octanol–water partition coefficient (Wildman–Crippen LogP) is 4.31. The summed E-state index contributed by atoms with van der Waals surface area (Å²) < 4.78 is 38.5. The van der Waals surface area contributed by atoms with Gasteiger partial charge in [-0.15, -0.1) is 12.4 Å². The fourth-order valence-corrected chi connectivity index (χ4v) is 2.95. The highest BCUT2D eigenvalue weighted by Crippen LogP contribution is 2.37. The van der Waals surface area contributed by atoms with Crippen molar-refractivity contribution in [3.05, 3.63) is 33.8 Å². The molecule has 0 unspecified atom stereocenters. The number of rotatable bonds is 3. The van der Waals surface area contributed by atoms with Gasteiger partial charge in [-0.1, -0.05) is 29.3 Å². The molecule has 1 saturated heterocycles. The Balaban J connectivity index is 0.00000220. The van der Waals surface area contributed by atoms with Gasteiger partial charge in [-0.05, 0) is 17.7 Å². The number of piperazine rings is 1. The van der Waals surface area contributed by atoms with E-state index in [1.165, 1.54) is 6.07 Å². The van der Waals surface area contributed by atoms with E-state index in [1.807, 2.05) is 4.90 Å². The van der Waals surface area contributed by atoms with Crippen molar-refractivity contribution >= 4 is 35.6 Å². The van der Waals surface area contributed by atoms with Crippen LogP contribution in [0.25, 0.3) is 0 Å². The van der Waals surface area contributed by atoms with Crippen molar-refractivity contribution in [2.45, 2.75) is 18.6 Å². The number of benzene rings is 1. The molecule has 2 rings (SSSR count). The van der Waals surface area contributed by atoms with E-state index in [0.29, 0.717) is 36.8 Å². The molecule has 1 aromatic carbocycles. The molecule has 0 saturated carbocycles. The van der Waals surface area contributed by atoms with Crippen molar-refractivity contribution in [2.75, 3.05) is 26.2 Å². The SMILES string of the molecule is Cl.FC(F)(F)C[C@H](c1ccc(Cl)cc1Cl)N1CCNCC1. The van der Waals surface area contributed by atoms with Crippen LogP contribution >= 0.6 is 35.6 Å². The van der Waals surface area contributed by atoms with E-state index in [4.69, 9.17) is 23.2 Å². The van der Waals surface area contributed by atoms with Gasteiger partial charge in [0.25, 0.3) is 0 Å². The molecule has 2 nitrogen and oxygen atoms in total. The summed E-state index contributed by atoms with van der Waals surface area (Å²) in [5, 5.41) is 3.83. The summed E-state index contributed by atoms with van der Waals surface area (Å²) in [6.07, 6.45) is -5.15. The van der Waals surface area contributed by atoms with E-state index >= 15 is 0 Å². The summed E-state index contributed by atoms with van der Waals surface area (Å²) in [7, 11) is 0. The Kier molecular flexibility index (Phi) is 7.07. The fourth-order valence-electron chi connectivity index (χ4n) is 2.42. The molecule has 8 heteroatoms. The summed E-state index contributed by atoms with van der Waals surface area (Å²) in [5.74, 6) is 0. The monoisotopic (exact) mass is 362 g/mol. The first-order valence-electron chi connectivity index (χ1n) is 6.33. The normalized spacial score (nSPS) is 18.1. The number of alkyl halides is 3. The van der Waals surface area contributed by atoms with Crippen molar-refractivity contribution in [3.8, 4) is 0 Å². The lowest BCUT2D eigenvalue weighted by Crippen LogP contribution is -2.46. The van der Waals surface area contributed by atoms with E-state index in [-0.39, 0.29) is 17.4 Å². The number of nitrogens with one attached hydrogen (secondary N) is 1. The maximum Gasteiger partial charge on any atom is 0.390 e. The van der Waals surface area contributed by atoms with Gasteiger partial charge in [-0.25, -0.2) is 0 Å². The second kappa shape index (κ2) is 7.88. The van der Waals surface area contributed by atoms with Crippen LogP contribution in [0, 0.1) is 0 Å². The predicted molar refractivity (Wildman–Crippen MR) is 81.6 cm³/mol. The summed E-state index contributed by atoms with van der Waals surface area (Å²) in [5.41, 5.74) is 0.482. The average molecular weight is 364 g/mol. The molecule has 1 atom stereocenters. The van der Waals surface area contributed by atoms with Crippen LogP contribution in [0.15, 0.2) is 18.2 Å². The molecular weight excluding hydrogens is 348 g/mol. The highest BCUT2D eigenvalue weighted by atomic mass is 35.5. The highest BCUT2D eigenvalue weighted by Gasteiger charge is 2.36. The maximum atomic E-state index is 12.8. The summed E-state index contributed by atoms with van der Waals surface area (Å²) in [6.45, 7) is 2.50. The van der Waals surface area contributed by atoms with Crippen LogP contribution in [0.1, 0.15) is 18.0 Å². The zero-order valence-electron chi connectivity index (χ0n) is 11.1. The fraction of sp³-hybridized carbons (Fsp3) is 0.538. The van der Waals surface area contributed by atoms with Gasteiger partial charge in [-0.2, -0.15) is 13.2 Å². The van der Waals surface area contributed by atoms with Crippen LogP contribution in [0.2, 0.25) is 10.0 Å². The van der Waals surface area contributed by atoms with Crippen LogP contribution in [0.4, 0.5) is 13.2 Å². The lowest BCUT2D eigenvalue weighted by Gasteiger charge is -2.36. The first kappa shape index (κ1) is 18.8. The van der Waals surface area contributed by atoms with E-state index in [1.54, 1.807) is 12.1 Å². The zero-order valence-corrected chi connectivity index (χ0v) is 13.4. The van der Waals surface area contributed by atoms with Crippen LogP contribution in [-0.2, 0) is 0 Å². The molecule has 0 bridgehead atoms. The van der Waals surface area contributed by atoms with Crippen LogP contribution in [-0.4, -0.2) is 37.3 Å². The Labute approximate surface area is 138 Å². The maximum absolute atomic E-state index is 12.8. The van der Waals surface area contributed by atoms with Crippen molar-refractivity contribution in [2.24, 2.45) is 0 Å². The Morgan fingerprint density at radius 3 is 2.33 bits per heavy atom. The Morgan fingerprint density at radius 1 is 1.19 bits per heavy atom. The van der Waals surface area contributed by atoms with Crippen molar-refractivity contribution < 1.29 is 13.2 Å². The smallest absolute Gasteiger partial charge is 0.314 e. The molecule has 0 radical (unpaired) electrons. The van der Waals surface area contributed by atoms with Gasteiger partial charge in [-0.3, -0.25) is 4.90 Å². The van der Waals surface area contributed by atoms with Gasteiger partial charge < -0.3 is 5.32 Å². The molecular formula is C13H16Cl3F3N2. The molecule has 1 aliphatic rings. The Morgan fingerprint density at radius 2 is 1.81 bits per heavy atom. The highest BCUT2D eigenvalue weighted by molar-refractivity contribution is 6.35. The topological polar surface area (TPSA) is 15.3 Å². The Bertz CT molecular complexity index is 462. The van der Waals surface area contributed by atoms with Gasteiger partial charge in [0.2, 0.25) is 0 Å². The molecule has 1 aromatic rings. The van der Waals surface area contributed by atoms with E-state index in [9.17, 15) is 13.2 Å². The summed E-state index contributed by atoms with van der Waals surface area (Å²) in [6, 6.07) is 3.89. The number of hydrogen-bond donors (Lipinski definition) is 1. The number of nitrogens with zero attached hydrogens (tertiary/aromatic N) is 1. The van der Waals surface area contributed by atoms with Crippen molar-refractivity contribution in [3.63, 3.8) is 0 Å². The van der Waals surface area contributed by atoms with Gasteiger partial charge in [0, 0.05) is 42.3 Å². The lowest BCUT2D eigenvalue weighted by molar-refractivity contribution is -0.148. The van der Waals surface area contributed by atoms with Gasteiger partial charge in [0.15, 0.2) is 0 Å². The quantitative estimate of drug-likeness (QED) is 0.860. The van der Waals surface area contributed by atoms with Gasteiger partial charge in [0.1, 0.15) is 0 Å². The van der Waals surface area contributed by atoms with Gasteiger partial charge in [0.05, 0.1) is 6.42 Å². The number of halogens is 6.